The zero-order valence-electron chi connectivity index (χ0n) is 9.17. The summed E-state index contributed by atoms with van der Waals surface area (Å²) < 4.78 is 3.10. The Morgan fingerprint density at radius 1 is 1.37 bits per heavy atom. The minimum absolute atomic E-state index is 0.252. The maximum Gasteiger partial charge on any atom is 0.260 e. The zero-order chi connectivity index (χ0) is 14.6. The maximum atomic E-state index is 11.4. The van der Waals surface area contributed by atoms with Gasteiger partial charge in [0.1, 0.15) is 5.75 Å². The van der Waals surface area contributed by atoms with Crippen LogP contribution in [0, 0.1) is 0 Å². The van der Waals surface area contributed by atoms with Crippen molar-refractivity contribution in [2.75, 3.05) is 6.61 Å². The average Bonchev–Trinajstić information content (AvgIpc) is 2.26. The molecular formula is C10H8Cl5NO3. The summed E-state index contributed by atoms with van der Waals surface area (Å²) in [6.07, 6.45) is -1.64. The van der Waals surface area contributed by atoms with Gasteiger partial charge in [0.2, 0.25) is 3.79 Å². The van der Waals surface area contributed by atoms with Gasteiger partial charge in [0.25, 0.3) is 5.91 Å². The minimum Gasteiger partial charge on any atom is -0.482 e. The molecule has 0 aliphatic rings. The highest BCUT2D eigenvalue weighted by Crippen LogP contribution is 2.29. The highest BCUT2D eigenvalue weighted by molar-refractivity contribution is 6.68. The summed E-state index contributed by atoms with van der Waals surface area (Å²) in [7, 11) is 0. The van der Waals surface area contributed by atoms with Gasteiger partial charge in [-0.05, 0) is 18.2 Å². The van der Waals surface area contributed by atoms with Crippen LogP contribution in [0.3, 0.4) is 0 Å². The maximum absolute atomic E-state index is 11.4. The first-order valence-corrected chi connectivity index (χ1v) is 6.71. The van der Waals surface area contributed by atoms with E-state index >= 15 is 0 Å². The van der Waals surface area contributed by atoms with Crippen LogP contribution in [0.4, 0.5) is 0 Å². The van der Waals surface area contributed by atoms with E-state index in [9.17, 15) is 9.90 Å². The summed E-state index contributed by atoms with van der Waals surface area (Å²) in [5, 5.41) is 12.1. The van der Waals surface area contributed by atoms with E-state index in [1.54, 1.807) is 6.07 Å². The summed E-state index contributed by atoms with van der Waals surface area (Å²) >= 11 is 27.7. The lowest BCUT2D eigenvalue weighted by Gasteiger charge is -2.20. The molecule has 0 saturated carbocycles. The number of aliphatic hydroxyl groups excluding tert-OH is 1. The normalized spacial score (nSPS) is 12.9. The largest absolute Gasteiger partial charge is 0.482 e. The molecule has 1 unspecified atom stereocenters. The topological polar surface area (TPSA) is 58.6 Å². The second-order valence-corrected chi connectivity index (χ2v) is 6.59. The number of nitrogens with one attached hydrogen (secondary N) is 1. The number of rotatable bonds is 4. The van der Waals surface area contributed by atoms with Crippen LogP contribution in [0.5, 0.6) is 5.75 Å². The predicted octanol–water partition coefficient (Wildman–Crippen LogP) is 3.18. The molecule has 1 aromatic carbocycles. The second-order valence-electron chi connectivity index (χ2n) is 3.38. The minimum atomic E-state index is -2.02. The first-order valence-electron chi connectivity index (χ1n) is 4.82. The molecule has 0 saturated heterocycles. The van der Waals surface area contributed by atoms with E-state index in [-0.39, 0.29) is 10.8 Å². The van der Waals surface area contributed by atoms with Gasteiger partial charge in [-0.25, -0.2) is 0 Å². The van der Waals surface area contributed by atoms with E-state index < -0.39 is 22.5 Å². The molecule has 9 heteroatoms. The summed E-state index contributed by atoms with van der Waals surface area (Å²) in [6.45, 7) is -0.404. The molecule has 1 atom stereocenters. The fourth-order valence-corrected chi connectivity index (χ4v) is 1.64. The molecule has 106 valence electrons. The number of aliphatic hydroxyl groups is 1. The molecular weight excluding hydrogens is 359 g/mol. The average molecular weight is 367 g/mol. The SMILES string of the molecule is O=C(COc1ccc(Cl)cc1Cl)NC(O)C(Cl)(Cl)Cl. The van der Waals surface area contributed by atoms with E-state index in [4.69, 9.17) is 62.7 Å². The number of benzene rings is 1. The highest BCUT2D eigenvalue weighted by Gasteiger charge is 2.32. The molecule has 4 nitrogen and oxygen atoms in total. The number of hydrogen-bond acceptors (Lipinski definition) is 3. The van der Waals surface area contributed by atoms with Crippen molar-refractivity contribution in [3.63, 3.8) is 0 Å². The van der Waals surface area contributed by atoms with E-state index in [0.717, 1.165) is 0 Å². The molecule has 2 N–H and O–H groups in total. The van der Waals surface area contributed by atoms with Crippen LogP contribution in [0.1, 0.15) is 0 Å². The molecule has 0 bridgehead atoms. The molecule has 1 amide bonds. The van der Waals surface area contributed by atoms with Gasteiger partial charge in [0, 0.05) is 5.02 Å². The van der Waals surface area contributed by atoms with Gasteiger partial charge < -0.3 is 15.2 Å². The molecule has 0 aromatic heterocycles. The summed E-state index contributed by atoms with van der Waals surface area (Å²) in [5.74, 6) is -0.408. The lowest BCUT2D eigenvalue weighted by molar-refractivity contribution is -0.126. The Morgan fingerprint density at radius 3 is 2.53 bits per heavy atom. The highest BCUT2D eigenvalue weighted by atomic mass is 35.6. The van der Waals surface area contributed by atoms with Crippen molar-refractivity contribution in [3.8, 4) is 5.75 Å². The van der Waals surface area contributed by atoms with E-state index in [1.807, 2.05) is 5.32 Å². The lowest BCUT2D eigenvalue weighted by atomic mass is 10.3. The smallest absolute Gasteiger partial charge is 0.260 e. The third-order valence-electron chi connectivity index (χ3n) is 1.86. The quantitative estimate of drug-likeness (QED) is 0.635. The summed E-state index contributed by atoms with van der Waals surface area (Å²) in [5.41, 5.74) is 0. The van der Waals surface area contributed by atoms with E-state index in [0.29, 0.717) is 5.02 Å². The predicted molar refractivity (Wildman–Crippen MR) is 76.4 cm³/mol. The van der Waals surface area contributed by atoms with Gasteiger partial charge in [-0.15, -0.1) is 0 Å². The Balaban J connectivity index is 2.51. The number of carbonyl (C=O) groups excluding carboxylic acids is 1. The third kappa shape index (κ3) is 5.81. The van der Waals surface area contributed by atoms with Gasteiger partial charge in [-0.2, -0.15) is 0 Å². The van der Waals surface area contributed by atoms with Crippen LogP contribution in [-0.4, -0.2) is 27.6 Å². The van der Waals surface area contributed by atoms with Crippen LogP contribution in [0.25, 0.3) is 0 Å². The Kier molecular flexibility index (Phi) is 6.30. The van der Waals surface area contributed by atoms with Crippen LogP contribution in [-0.2, 0) is 4.79 Å². The van der Waals surface area contributed by atoms with Crippen LogP contribution in [0.2, 0.25) is 10.0 Å². The van der Waals surface area contributed by atoms with Gasteiger partial charge in [0.05, 0.1) is 5.02 Å². The summed E-state index contributed by atoms with van der Waals surface area (Å²) in [4.78, 5) is 11.4. The number of amides is 1. The molecule has 0 spiro atoms. The lowest BCUT2D eigenvalue weighted by Crippen LogP contribution is -2.45. The Hall–Kier alpha value is -0.100. The summed E-state index contributed by atoms with van der Waals surface area (Å²) in [6, 6.07) is 4.52. The monoisotopic (exact) mass is 365 g/mol. The number of carbonyl (C=O) groups is 1. The van der Waals surface area contributed by atoms with Crippen molar-refractivity contribution in [1.29, 1.82) is 0 Å². The Bertz CT molecular complexity index is 463. The van der Waals surface area contributed by atoms with E-state index in [1.165, 1.54) is 12.1 Å². The van der Waals surface area contributed by atoms with Crippen molar-refractivity contribution >= 4 is 63.9 Å². The van der Waals surface area contributed by atoms with Gasteiger partial charge >= 0.3 is 0 Å². The molecule has 19 heavy (non-hydrogen) atoms. The number of hydrogen-bond donors (Lipinski definition) is 2. The number of ether oxygens (including phenoxy) is 1. The number of halogens is 5. The van der Waals surface area contributed by atoms with E-state index in [2.05, 4.69) is 0 Å². The van der Waals surface area contributed by atoms with Gasteiger partial charge in [0.15, 0.2) is 12.8 Å². The van der Waals surface area contributed by atoms with Crippen LogP contribution < -0.4 is 10.1 Å². The second kappa shape index (κ2) is 7.07. The first-order chi connectivity index (χ1) is 8.70. The fraction of sp³-hybridized carbons (Fsp3) is 0.300. The molecule has 0 aliphatic heterocycles. The standard InChI is InChI=1S/C10H8Cl5NO3/c11-5-1-2-7(6(12)3-5)19-4-8(17)16-9(18)10(13,14)15/h1-3,9,18H,4H2,(H,16,17). The Labute approximate surface area is 134 Å². The van der Waals surface area contributed by atoms with Crippen LogP contribution in [0.15, 0.2) is 18.2 Å². The molecule has 0 aliphatic carbocycles. The number of alkyl halides is 3. The van der Waals surface area contributed by atoms with Crippen molar-refractivity contribution in [2.24, 2.45) is 0 Å². The first kappa shape index (κ1) is 17.0. The van der Waals surface area contributed by atoms with Crippen molar-refractivity contribution < 1.29 is 14.6 Å². The molecule has 1 aromatic rings. The molecule has 0 heterocycles. The van der Waals surface area contributed by atoms with Crippen molar-refractivity contribution in [2.45, 2.75) is 10.0 Å². The van der Waals surface area contributed by atoms with Crippen LogP contribution >= 0.6 is 58.0 Å². The zero-order valence-corrected chi connectivity index (χ0v) is 12.9. The molecule has 1 rings (SSSR count). The van der Waals surface area contributed by atoms with Gasteiger partial charge in [-0.1, -0.05) is 58.0 Å². The van der Waals surface area contributed by atoms with Gasteiger partial charge in [-0.3, -0.25) is 4.79 Å². The molecule has 0 fully saturated rings. The Morgan fingerprint density at radius 2 is 2.00 bits per heavy atom. The fourth-order valence-electron chi connectivity index (χ4n) is 1.01. The van der Waals surface area contributed by atoms with Crippen molar-refractivity contribution in [1.82, 2.24) is 5.32 Å². The molecule has 0 radical (unpaired) electrons. The third-order valence-corrected chi connectivity index (χ3v) is 3.01. The van der Waals surface area contributed by atoms with Crippen molar-refractivity contribution in [3.05, 3.63) is 28.2 Å².